The lowest BCUT2D eigenvalue weighted by Gasteiger charge is -2.11. The van der Waals surface area contributed by atoms with Crippen LogP contribution in [-0.2, 0) is 6.18 Å². The van der Waals surface area contributed by atoms with E-state index >= 15 is 0 Å². The first kappa shape index (κ1) is 10.7. The van der Waals surface area contributed by atoms with Crippen molar-refractivity contribution >= 4 is 0 Å². The van der Waals surface area contributed by atoms with Crippen molar-refractivity contribution in [3.05, 3.63) is 42.0 Å². The highest BCUT2D eigenvalue weighted by Crippen LogP contribution is 2.36. The first-order valence-corrected chi connectivity index (χ1v) is 4.35. The number of nitrogens with one attached hydrogen (secondary N) is 1. The molecule has 0 radical (unpaired) electrons. The summed E-state index contributed by atoms with van der Waals surface area (Å²) < 4.78 is 50.6. The Bertz CT molecular complexity index is 488. The molecule has 84 valence electrons. The molecule has 1 heterocycles. The van der Waals surface area contributed by atoms with Crippen molar-refractivity contribution in [2.24, 2.45) is 0 Å². The third kappa shape index (κ3) is 1.91. The Morgan fingerprint density at radius 1 is 1.19 bits per heavy atom. The Morgan fingerprint density at radius 2 is 1.94 bits per heavy atom. The highest BCUT2D eigenvalue weighted by molar-refractivity contribution is 5.61. The van der Waals surface area contributed by atoms with Gasteiger partial charge in [0.05, 0.1) is 5.56 Å². The number of alkyl halides is 3. The van der Waals surface area contributed by atoms with E-state index in [0.717, 1.165) is 12.1 Å². The van der Waals surface area contributed by atoms with Crippen LogP contribution in [0.5, 0.6) is 0 Å². The summed E-state index contributed by atoms with van der Waals surface area (Å²) in [6.07, 6.45) is -1.87. The molecule has 1 N–H and O–H groups in total. The first-order valence-electron chi connectivity index (χ1n) is 4.35. The van der Waals surface area contributed by atoms with Crippen LogP contribution in [0.1, 0.15) is 5.56 Å². The van der Waals surface area contributed by atoms with Gasteiger partial charge in [-0.25, -0.2) is 9.37 Å². The normalized spacial score (nSPS) is 11.8. The van der Waals surface area contributed by atoms with Gasteiger partial charge in [0.2, 0.25) is 0 Å². The van der Waals surface area contributed by atoms with E-state index in [1.165, 1.54) is 12.4 Å². The second kappa shape index (κ2) is 3.62. The van der Waals surface area contributed by atoms with Gasteiger partial charge in [-0.3, -0.25) is 0 Å². The van der Waals surface area contributed by atoms with Crippen LogP contribution in [0.25, 0.3) is 11.4 Å². The van der Waals surface area contributed by atoms with Crippen LogP contribution in [0.4, 0.5) is 17.6 Å². The molecule has 1 aromatic carbocycles. The molecule has 6 heteroatoms. The van der Waals surface area contributed by atoms with Gasteiger partial charge >= 0.3 is 6.18 Å². The highest BCUT2D eigenvalue weighted by Gasteiger charge is 2.34. The van der Waals surface area contributed by atoms with Crippen molar-refractivity contribution in [3.63, 3.8) is 0 Å². The number of aromatic amines is 1. The number of hydrogen-bond acceptors (Lipinski definition) is 1. The molecule has 2 rings (SSSR count). The predicted octanol–water partition coefficient (Wildman–Crippen LogP) is 3.23. The summed E-state index contributed by atoms with van der Waals surface area (Å²) in [5.74, 6) is -0.866. The minimum Gasteiger partial charge on any atom is -0.345 e. The van der Waals surface area contributed by atoms with Gasteiger partial charge in [-0.1, -0.05) is 0 Å². The van der Waals surface area contributed by atoms with E-state index in [1.54, 1.807) is 0 Å². The third-order valence-corrected chi connectivity index (χ3v) is 2.04. The average molecular weight is 230 g/mol. The van der Waals surface area contributed by atoms with Crippen molar-refractivity contribution in [2.45, 2.75) is 6.18 Å². The van der Waals surface area contributed by atoms with Gasteiger partial charge in [-0.2, -0.15) is 13.2 Å². The number of rotatable bonds is 1. The van der Waals surface area contributed by atoms with Gasteiger partial charge in [0, 0.05) is 18.0 Å². The Labute approximate surface area is 87.9 Å². The molecule has 0 spiro atoms. The summed E-state index contributed by atoms with van der Waals surface area (Å²) in [6.45, 7) is 0. The second-order valence-corrected chi connectivity index (χ2v) is 3.13. The number of benzene rings is 1. The number of imidazole rings is 1. The summed E-state index contributed by atoms with van der Waals surface area (Å²) in [4.78, 5) is 6.26. The van der Waals surface area contributed by atoms with Crippen molar-refractivity contribution in [1.29, 1.82) is 0 Å². The van der Waals surface area contributed by atoms with Crippen molar-refractivity contribution in [2.75, 3.05) is 0 Å². The van der Waals surface area contributed by atoms with Crippen molar-refractivity contribution in [1.82, 2.24) is 9.97 Å². The molecule has 16 heavy (non-hydrogen) atoms. The summed E-state index contributed by atoms with van der Waals surface area (Å²) in [5, 5.41) is 0. The largest absolute Gasteiger partial charge is 0.417 e. The maximum Gasteiger partial charge on any atom is 0.417 e. The van der Waals surface area contributed by atoms with Crippen LogP contribution in [0.3, 0.4) is 0 Å². The number of H-pyrrole nitrogens is 1. The highest BCUT2D eigenvalue weighted by atomic mass is 19.4. The molecular formula is C10H6F4N2. The lowest BCUT2D eigenvalue weighted by atomic mass is 10.1. The predicted molar refractivity (Wildman–Crippen MR) is 49.0 cm³/mol. The van der Waals surface area contributed by atoms with E-state index in [0.29, 0.717) is 6.07 Å². The summed E-state index contributed by atoms with van der Waals surface area (Å²) in [5.41, 5.74) is -1.21. The molecule has 0 fully saturated rings. The fraction of sp³-hybridized carbons (Fsp3) is 0.100. The Morgan fingerprint density at radius 3 is 2.50 bits per heavy atom. The molecule has 0 aliphatic rings. The lowest BCUT2D eigenvalue weighted by molar-refractivity contribution is -0.137. The molecule has 0 saturated heterocycles. The summed E-state index contributed by atoms with van der Waals surface area (Å²) in [7, 11) is 0. The summed E-state index contributed by atoms with van der Waals surface area (Å²) in [6, 6.07) is 2.47. The second-order valence-electron chi connectivity index (χ2n) is 3.13. The standard InChI is InChI=1S/C10H6F4N2/c11-6-1-2-7(9-15-3-4-16-9)8(5-6)10(12,13)14/h1-5H,(H,15,16). The van der Waals surface area contributed by atoms with Gasteiger partial charge in [0.1, 0.15) is 11.6 Å². The number of aromatic nitrogens is 2. The monoisotopic (exact) mass is 230 g/mol. The molecule has 0 atom stereocenters. The fourth-order valence-electron chi connectivity index (χ4n) is 1.37. The molecule has 0 saturated carbocycles. The van der Waals surface area contributed by atoms with Gasteiger partial charge in [0.25, 0.3) is 0 Å². The minimum atomic E-state index is -4.61. The topological polar surface area (TPSA) is 28.7 Å². The smallest absolute Gasteiger partial charge is 0.345 e. The Kier molecular flexibility index (Phi) is 2.41. The molecular weight excluding hydrogens is 224 g/mol. The SMILES string of the molecule is Fc1ccc(-c2ncc[nH]2)c(C(F)(F)F)c1. The molecule has 2 aromatic rings. The van der Waals surface area contributed by atoms with E-state index in [-0.39, 0.29) is 11.4 Å². The maximum atomic E-state index is 12.8. The van der Waals surface area contributed by atoms with E-state index in [4.69, 9.17) is 0 Å². The maximum absolute atomic E-state index is 12.8. The summed E-state index contributed by atoms with van der Waals surface area (Å²) >= 11 is 0. The van der Waals surface area contributed by atoms with Crippen molar-refractivity contribution < 1.29 is 17.6 Å². The Balaban J connectivity index is 2.62. The molecule has 0 bridgehead atoms. The van der Waals surface area contributed by atoms with Crippen molar-refractivity contribution in [3.8, 4) is 11.4 Å². The van der Waals surface area contributed by atoms with Gasteiger partial charge < -0.3 is 4.98 Å². The number of nitrogens with zero attached hydrogens (tertiary/aromatic N) is 1. The van der Waals surface area contributed by atoms with E-state index < -0.39 is 17.6 Å². The van der Waals surface area contributed by atoms with Crippen LogP contribution >= 0.6 is 0 Å². The average Bonchev–Trinajstić information content (AvgIpc) is 2.69. The quantitative estimate of drug-likeness (QED) is 0.748. The zero-order valence-electron chi connectivity index (χ0n) is 7.85. The molecule has 1 aromatic heterocycles. The zero-order valence-corrected chi connectivity index (χ0v) is 7.85. The zero-order chi connectivity index (χ0) is 11.8. The number of hydrogen-bond donors (Lipinski definition) is 1. The molecule has 0 aliphatic carbocycles. The first-order chi connectivity index (χ1) is 7.48. The van der Waals surface area contributed by atoms with Crippen LogP contribution in [0.15, 0.2) is 30.6 Å². The molecule has 0 aliphatic heterocycles. The number of halogens is 4. The molecule has 0 amide bonds. The molecule has 0 unspecified atom stereocenters. The lowest BCUT2D eigenvalue weighted by Crippen LogP contribution is -2.08. The van der Waals surface area contributed by atoms with Crippen LogP contribution in [0, 0.1) is 5.82 Å². The van der Waals surface area contributed by atoms with E-state index in [2.05, 4.69) is 9.97 Å². The molecule has 2 nitrogen and oxygen atoms in total. The van der Waals surface area contributed by atoms with Crippen LogP contribution < -0.4 is 0 Å². The van der Waals surface area contributed by atoms with Crippen LogP contribution in [0.2, 0.25) is 0 Å². The van der Waals surface area contributed by atoms with Gasteiger partial charge in [-0.05, 0) is 18.2 Å². The van der Waals surface area contributed by atoms with E-state index in [9.17, 15) is 17.6 Å². The minimum absolute atomic E-state index is 0.0623. The van der Waals surface area contributed by atoms with E-state index in [1.807, 2.05) is 0 Å². The van der Waals surface area contributed by atoms with Crippen LogP contribution in [-0.4, -0.2) is 9.97 Å². The fourth-order valence-corrected chi connectivity index (χ4v) is 1.37. The Hall–Kier alpha value is -1.85. The van der Waals surface area contributed by atoms with Gasteiger partial charge in [-0.15, -0.1) is 0 Å². The van der Waals surface area contributed by atoms with Gasteiger partial charge in [0.15, 0.2) is 0 Å². The third-order valence-electron chi connectivity index (χ3n) is 2.04.